The molecule has 3 aliphatic rings. The van der Waals surface area contributed by atoms with Gasteiger partial charge >= 0.3 is 6.03 Å². The Bertz CT molecular complexity index is 533. The lowest BCUT2D eigenvalue weighted by Gasteiger charge is -2.25. The molecule has 0 aromatic carbocycles. The standard InChI is InChI=1S/C15H20N2O3S/c18-15(17-11-7-9-1-2-12(11)20-9)16-8-13-10-4-6-21-14(10)3-5-19-13/h4,6,9,11-13H,1-3,5,7-8H2,(H2,16,17,18)/t9-,11+,12-,13+/m1/s1. The fourth-order valence-electron chi connectivity index (χ4n) is 3.59. The smallest absolute Gasteiger partial charge is 0.315 e. The minimum absolute atomic E-state index is 0.0120. The summed E-state index contributed by atoms with van der Waals surface area (Å²) in [6.45, 7) is 1.26. The molecule has 0 spiro atoms. The van der Waals surface area contributed by atoms with Crippen molar-refractivity contribution in [1.29, 1.82) is 0 Å². The van der Waals surface area contributed by atoms with E-state index in [1.165, 1.54) is 10.4 Å². The second-order valence-corrected chi connectivity index (χ2v) is 6.98. The SMILES string of the molecule is O=C(NC[C@@H]1OCCc2sccc21)N[C@H]1C[C@H]2CC[C@H]1O2. The van der Waals surface area contributed by atoms with E-state index in [1.54, 1.807) is 11.3 Å². The van der Waals surface area contributed by atoms with Crippen LogP contribution in [0.1, 0.15) is 35.8 Å². The van der Waals surface area contributed by atoms with Crippen molar-refractivity contribution in [3.63, 3.8) is 0 Å². The molecule has 0 radical (unpaired) electrons. The Morgan fingerprint density at radius 3 is 3.19 bits per heavy atom. The molecule has 6 heteroatoms. The van der Waals surface area contributed by atoms with Crippen LogP contribution in [0.5, 0.6) is 0 Å². The van der Waals surface area contributed by atoms with Gasteiger partial charge in [0.25, 0.3) is 0 Å². The number of thiophene rings is 1. The highest BCUT2D eigenvalue weighted by Crippen LogP contribution is 2.34. The molecule has 4 heterocycles. The quantitative estimate of drug-likeness (QED) is 0.897. The number of hydrogen-bond acceptors (Lipinski definition) is 4. The van der Waals surface area contributed by atoms with E-state index in [2.05, 4.69) is 22.1 Å². The minimum atomic E-state index is -0.109. The molecular formula is C15H20N2O3S. The van der Waals surface area contributed by atoms with Crippen LogP contribution in [0.25, 0.3) is 0 Å². The van der Waals surface area contributed by atoms with Gasteiger partial charge < -0.3 is 20.1 Å². The molecule has 1 aromatic rings. The maximum Gasteiger partial charge on any atom is 0.315 e. The molecule has 4 atom stereocenters. The van der Waals surface area contributed by atoms with E-state index in [1.807, 2.05) is 0 Å². The summed E-state index contributed by atoms with van der Waals surface area (Å²) in [5, 5.41) is 8.08. The number of urea groups is 1. The highest BCUT2D eigenvalue weighted by atomic mass is 32.1. The number of hydrogen-bond donors (Lipinski definition) is 2. The summed E-state index contributed by atoms with van der Waals surface area (Å²) in [6, 6.07) is 2.17. The van der Waals surface area contributed by atoms with E-state index >= 15 is 0 Å². The lowest BCUT2D eigenvalue weighted by molar-refractivity contribution is 0.0452. The van der Waals surface area contributed by atoms with Crippen LogP contribution < -0.4 is 10.6 Å². The molecule has 2 bridgehead atoms. The van der Waals surface area contributed by atoms with Crippen LogP contribution in [0.3, 0.4) is 0 Å². The minimum Gasteiger partial charge on any atom is -0.373 e. The normalized spacial score (nSPS) is 33.7. The fourth-order valence-corrected chi connectivity index (χ4v) is 4.50. The van der Waals surface area contributed by atoms with Gasteiger partial charge in [-0.05, 0) is 36.3 Å². The highest BCUT2D eigenvalue weighted by Gasteiger charge is 2.41. The first-order valence-electron chi connectivity index (χ1n) is 7.67. The molecule has 0 unspecified atom stereocenters. The summed E-state index contributed by atoms with van der Waals surface area (Å²) in [6.07, 6.45) is 4.71. The zero-order chi connectivity index (χ0) is 14.2. The predicted molar refractivity (Wildman–Crippen MR) is 79.6 cm³/mol. The van der Waals surface area contributed by atoms with E-state index in [0.717, 1.165) is 32.3 Å². The third-order valence-corrected chi connectivity index (χ3v) is 5.64. The van der Waals surface area contributed by atoms with Crippen LogP contribution in [-0.4, -0.2) is 37.4 Å². The molecule has 2 amide bonds. The Labute approximate surface area is 128 Å². The van der Waals surface area contributed by atoms with Gasteiger partial charge in [0.2, 0.25) is 0 Å². The van der Waals surface area contributed by atoms with Crippen molar-refractivity contribution < 1.29 is 14.3 Å². The van der Waals surface area contributed by atoms with Gasteiger partial charge in [-0.3, -0.25) is 0 Å². The number of amides is 2. The first kappa shape index (κ1) is 13.5. The van der Waals surface area contributed by atoms with E-state index in [9.17, 15) is 4.79 Å². The van der Waals surface area contributed by atoms with Gasteiger partial charge in [0.1, 0.15) is 6.10 Å². The number of rotatable bonds is 3. The Balaban J connectivity index is 1.29. The molecule has 2 N–H and O–H groups in total. The third-order valence-electron chi connectivity index (χ3n) is 4.65. The van der Waals surface area contributed by atoms with Gasteiger partial charge in [0, 0.05) is 17.8 Å². The monoisotopic (exact) mass is 308 g/mol. The van der Waals surface area contributed by atoms with Crippen molar-refractivity contribution >= 4 is 17.4 Å². The molecule has 2 fully saturated rings. The molecule has 21 heavy (non-hydrogen) atoms. The van der Waals surface area contributed by atoms with Crippen LogP contribution in [0.4, 0.5) is 4.79 Å². The summed E-state index contributed by atoms with van der Waals surface area (Å²) in [7, 11) is 0. The molecule has 3 aliphatic heterocycles. The second-order valence-electron chi connectivity index (χ2n) is 5.98. The molecular weight excluding hydrogens is 288 g/mol. The zero-order valence-corrected chi connectivity index (χ0v) is 12.7. The summed E-state index contributed by atoms with van der Waals surface area (Å²) in [5.74, 6) is 0. The molecule has 114 valence electrons. The van der Waals surface area contributed by atoms with Crippen LogP contribution in [0.15, 0.2) is 11.4 Å². The average Bonchev–Trinajstić information content (AvgIpc) is 3.20. The number of fused-ring (bicyclic) bond motifs is 3. The Hall–Kier alpha value is -1.11. The Morgan fingerprint density at radius 1 is 1.43 bits per heavy atom. The van der Waals surface area contributed by atoms with Crippen LogP contribution >= 0.6 is 11.3 Å². The van der Waals surface area contributed by atoms with Crippen LogP contribution in [0, 0.1) is 0 Å². The van der Waals surface area contributed by atoms with Crippen molar-refractivity contribution in [3.8, 4) is 0 Å². The van der Waals surface area contributed by atoms with Crippen molar-refractivity contribution in [1.82, 2.24) is 10.6 Å². The molecule has 0 saturated carbocycles. The van der Waals surface area contributed by atoms with Gasteiger partial charge in [-0.25, -0.2) is 4.79 Å². The molecule has 0 aliphatic carbocycles. The van der Waals surface area contributed by atoms with Gasteiger partial charge in [-0.15, -0.1) is 11.3 Å². The summed E-state index contributed by atoms with van der Waals surface area (Å²) < 4.78 is 11.5. The maximum atomic E-state index is 12.0. The largest absolute Gasteiger partial charge is 0.373 e. The average molecular weight is 308 g/mol. The second kappa shape index (κ2) is 5.59. The van der Waals surface area contributed by atoms with Crippen molar-refractivity contribution in [2.45, 2.75) is 50.0 Å². The number of ether oxygens (including phenoxy) is 2. The van der Waals surface area contributed by atoms with Gasteiger partial charge in [-0.2, -0.15) is 0 Å². The highest BCUT2D eigenvalue weighted by molar-refractivity contribution is 7.10. The predicted octanol–water partition coefficient (Wildman–Crippen LogP) is 1.98. The topological polar surface area (TPSA) is 59.6 Å². The van der Waals surface area contributed by atoms with E-state index in [0.29, 0.717) is 12.6 Å². The van der Waals surface area contributed by atoms with Gasteiger partial charge in [0.05, 0.1) is 24.9 Å². The Morgan fingerprint density at radius 2 is 2.38 bits per heavy atom. The first-order chi connectivity index (χ1) is 10.3. The molecule has 5 nitrogen and oxygen atoms in total. The fraction of sp³-hybridized carbons (Fsp3) is 0.667. The van der Waals surface area contributed by atoms with Gasteiger partial charge in [-0.1, -0.05) is 0 Å². The van der Waals surface area contributed by atoms with Gasteiger partial charge in [0.15, 0.2) is 0 Å². The van der Waals surface area contributed by atoms with Crippen LogP contribution in [-0.2, 0) is 15.9 Å². The molecule has 1 aromatic heterocycles. The summed E-state index contributed by atoms with van der Waals surface area (Å²) >= 11 is 1.77. The van der Waals surface area contributed by atoms with E-state index < -0.39 is 0 Å². The summed E-state index contributed by atoms with van der Waals surface area (Å²) in [4.78, 5) is 13.4. The van der Waals surface area contributed by atoms with E-state index in [4.69, 9.17) is 9.47 Å². The van der Waals surface area contributed by atoms with Crippen molar-refractivity contribution in [2.24, 2.45) is 0 Å². The molecule has 2 saturated heterocycles. The lowest BCUT2D eigenvalue weighted by atomic mass is 9.96. The van der Waals surface area contributed by atoms with Crippen molar-refractivity contribution in [3.05, 3.63) is 21.9 Å². The Kier molecular flexibility index (Phi) is 3.61. The number of nitrogens with one attached hydrogen (secondary N) is 2. The maximum absolute atomic E-state index is 12.0. The number of carbonyl (C=O) groups excluding carboxylic acids is 1. The zero-order valence-electron chi connectivity index (χ0n) is 11.8. The lowest BCUT2D eigenvalue weighted by Crippen LogP contribution is -2.47. The molecule has 4 rings (SSSR count). The van der Waals surface area contributed by atoms with Crippen molar-refractivity contribution in [2.75, 3.05) is 13.2 Å². The van der Waals surface area contributed by atoms with Crippen LogP contribution in [0.2, 0.25) is 0 Å². The van der Waals surface area contributed by atoms with E-state index in [-0.39, 0.29) is 24.3 Å². The third kappa shape index (κ3) is 2.67. The summed E-state index contributed by atoms with van der Waals surface area (Å²) in [5.41, 5.74) is 1.23. The first-order valence-corrected chi connectivity index (χ1v) is 8.55. The number of carbonyl (C=O) groups is 1.